The lowest BCUT2D eigenvalue weighted by Gasteiger charge is -2.35. The number of aliphatic hydroxyl groups excluding tert-OH is 1. The summed E-state index contributed by atoms with van der Waals surface area (Å²) in [5.41, 5.74) is 0.620. The summed E-state index contributed by atoms with van der Waals surface area (Å²) in [6.07, 6.45) is 3.89. The molecular weight excluding hydrogens is 292 g/mol. The SMILES string of the molecule is CCC(CCO)NC(=O)C1CCCCN1C(=O)c1ccccc1. The molecule has 2 amide bonds. The van der Waals surface area contributed by atoms with Gasteiger partial charge in [-0.25, -0.2) is 0 Å². The standard InChI is InChI=1S/C18H26N2O3/c1-2-15(11-13-21)19-17(22)16-10-6-7-12-20(16)18(23)14-8-4-3-5-9-14/h3-5,8-9,15-16,21H,2,6-7,10-13H2,1H3,(H,19,22). The minimum Gasteiger partial charge on any atom is -0.396 e. The molecule has 2 N–H and O–H groups in total. The third-order valence-corrected chi connectivity index (χ3v) is 4.40. The second kappa shape index (κ2) is 8.67. The van der Waals surface area contributed by atoms with E-state index in [1.807, 2.05) is 25.1 Å². The highest BCUT2D eigenvalue weighted by atomic mass is 16.3. The Hall–Kier alpha value is -1.88. The van der Waals surface area contributed by atoms with Gasteiger partial charge in [-0.3, -0.25) is 9.59 Å². The number of carbonyl (C=O) groups excluding carboxylic acids is 2. The number of aliphatic hydroxyl groups is 1. The van der Waals surface area contributed by atoms with Gasteiger partial charge in [-0.1, -0.05) is 25.1 Å². The Morgan fingerprint density at radius 3 is 2.70 bits per heavy atom. The van der Waals surface area contributed by atoms with E-state index in [4.69, 9.17) is 5.11 Å². The molecule has 1 aromatic rings. The van der Waals surface area contributed by atoms with Crippen molar-refractivity contribution in [2.24, 2.45) is 0 Å². The fourth-order valence-electron chi connectivity index (χ4n) is 3.03. The lowest BCUT2D eigenvalue weighted by atomic mass is 9.99. The highest BCUT2D eigenvalue weighted by Gasteiger charge is 2.33. The Morgan fingerprint density at radius 2 is 2.04 bits per heavy atom. The smallest absolute Gasteiger partial charge is 0.254 e. The summed E-state index contributed by atoms with van der Waals surface area (Å²) in [6.45, 7) is 2.65. The van der Waals surface area contributed by atoms with Crippen LogP contribution in [0, 0.1) is 0 Å². The van der Waals surface area contributed by atoms with E-state index in [2.05, 4.69) is 5.32 Å². The Balaban J connectivity index is 2.08. The molecule has 0 saturated carbocycles. The van der Waals surface area contributed by atoms with Crippen LogP contribution >= 0.6 is 0 Å². The minimum atomic E-state index is -0.413. The van der Waals surface area contributed by atoms with Gasteiger partial charge in [-0.15, -0.1) is 0 Å². The van der Waals surface area contributed by atoms with Gasteiger partial charge in [0, 0.05) is 24.8 Å². The van der Waals surface area contributed by atoms with Crippen molar-refractivity contribution in [3.63, 3.8) is 0 Å². The molecule has 5 nitrogen and oxygen atoms in total. The largest absolute Gasteiger partial charge is 0.396 e. The van der Waals surface area contributed by atoms with Gasteiger partial charge >= 0.3 is 0 Å². The normalized spacial score (nSPS) is 19.2. The van der Waals surface area contributed by atoms with E-state index >= 15 is 0 Å². The maximum atomic E-state index is 12.7. The van der Waals surface area contributed by atoms with E-state index in [0.29, 0.717) is 24.9 Å². The van der Waals surface area contributed by atoms with E-state index in [1.165, 1.54) is 0 Å². The summed E-state index contributed by atoms with van der Waals surface area (Å²) in [5, 5.41) is 12.0. The Morgan fingerprint density at radius 1 is 1.30 bits per heavy atom. The van der Waals surface area contributed by atoms with Crippen LogP contribution in [0.4, 0.5) is 0 Å². The van der Waals surface area contributed by atoms with Crippen LogP contribution in [0.2, 0.25) is 0 Å². The molecule has 1 aliphatic rings. The number of likely N-dealkylation sites (tertiary alicyclic amines) is 1. The molecule has 1 fully saturated rings. The first kappa shape index (κ1) is 17.5. The molecule has 1 heterocycles. The number of hydrogen-bond donors (Lipinski definition) is 2. The summed E-state index contributed by atoms with van der Waals surface area (Å²) in [6, 6.07) is 8.66. The Bertz CT molecular complexity index is 518. The van der Waals surface area contributed by atoms with E-state index in [-0.39, 0.29) is 24.5 Å². The van der Waals surface area contributed by atoms with Crippen molar-refractivity contribution in [2.45, 2.75) is 51.1 Å². The van der Waals surface area contributed by atoms with Gasteiger partial charge in [0.1, 0.15) is 6.04 Å². The van der Waals surface area contributed by atoms with E-state index in [1.54, 1.807) is 17.0 Å². The first-order valence-electron chi connectivity index (χ1n) is 8.44. The van der Waals surface area contributed by atoms with Crippen LogP contribution in [0.3, 0.4) is 0 Å². The molecule has 0 aliphatic carbocycles. The van der Waals surface area contributed by atoms with Gasteiger partial charge in [-0.05, 0) is 44.2 Å². The van der Waals surface area contributed by atoms with Crippen LogP contribution in [-0.4, -0.2) is 47.1 Å². The van der Waals surface area contributed by atoms with Crippen molar-refractivity contribution >= 4 is 11.8 Å². The second-order valence-electron chi connectivity index (χ2n) is 6.00. The number of piperidine rings is 1. The van der Waals surface area contributed by atoms with Gasteiger partial charge in [0.2, 0.25) is 5.91 Å². The summed E-state index contributed by atoms with van der Waals surface area (Å²) < 4.78 is 0. The maximum Gasteiger partial charge on any atom is 0.254 e. The highest BCUT2D eigenvalue weighted by molar-refractivity contribution is 5.97. The third-order valence-electron chi connectivity index (χ3n) is 4.40. The first-order valence-corrected chi connectivity index (χ1v) is 8.44. The minimum absolute atomic E-state index is 0.0388. The first-order chi connectivity index (χ1) is 11.2. The molecule has 0 radical (unpaired) electrons. The highest BCUT2D eigenvalue weighted by Crippen LogP contribution is 2.20. The van der Waals surface area contributed by atoms with Crippen molar-refractivity contribution in [3.8, 4) is 0 Å². The van der Waals surface area contributed by atoms with Crippen LogP contribution in [-0.2, 0) is 4.79 Å². The maximum absolute atomic E-state index is 12.7. The quantitative estimate of drug-likeness (QED) is 0.842. The number of carbonyl (C=O) groups is 2. The van der Waals surface area contributed by atoms with Crippen molar-refractivity contribution in [2.75, 3.05) is 13.2 Å². The molecule has 0 bridgehead atoms. The van der Waals surface area contributed by atoms with Crippen LogP contribution in [0.25, 0.3) is 0 Å². The van der Waals surface area contributed by atoms with Crippen molar-refractivity contribution in [1.29, 1.82) is 0 Å². The van der Waals surface area contributed by atoms with Crippen LogP contribution in [0.15, 0.2) is 30.3 Å². The molecule has 1 saturated heterocycles. The fraction of sp³-hybridized carbons (Fsp3) is 0.556. The average molecular weight is 318 g/mol. The van der Waals surface area contributed by atoms with E-state index < -0.39 is 6.04 Å². The van der Waals surface area contributed by atoms with Crippen molar-refractivity contribution in [1.82, 2.24) is 10.2 Å². The Kier molecular flexibility index (Phi) is 6.59. The van der Waals surface area contributed by atoms with Gasteiger partial charge < -0.3 is 15.3 Å². The molecule has 5 heteroatoms. The zero-order valence-corrected chi connectivity index (χ0v) is 13.7. The monoisotopic (exact) mass is 318 g/mol. The molecule has 2 rings (SSSR count). The third kappa shape index (κ3) is 4.55. The number of nitrogens with one attached hydrogen (secondary N) is 1. The topological polar surface area (TPSA) is 69.6 Å². The van der Waals surface area contributed by atoms with E-state index in [0.717, 1.165) is 19.3 Å². The number of rotatable bonds is 6. The number of benzene rings is 1. The summed E-state index contributed by atoms with van der Waals surface area (Å²) in [7, 11) is 0. The summed E-state index contributed by atoms with van der Waals surface area (Å²) in [5.74, 6) is -0.185. The summed E-state index contributed by atoms with van der Waals surface area (Å²) >= 11 is 0. The van der Waals surface area contributed by atoms with Gasteiger partial charge in [0.05, 0.1) is 0 Å². The van der Waals surface area contributed by atoms with Crippen molar-refractivity contribution < 1.29 is 14.7 Å². The molecular formula is C18H26N2O3. The lowest BCUT2D eigenvalue weighted by Crippen LogP contribution is -2.53. The Labute approximate surface area is 137 Å². The zero-order chi connectivity index (χ0) is 16.7. The van der Waals surface area contributed by atoms with Crippen LogP contribution in [0.5, 0.6) is 0 Å². The average Bonchev–Trinajstić information content (AvgIpc) is 2.61. The molecule has 126 valence electrons. The molecule has 0 aromatic heterocycles. The van der Waals surface area contributed by atoms with Crippen LogP contribution < -0.4 is 5.32 Å². The fourth-order valence-corrected chi connectivity index (χ4v) is 3.03. The zero-order valence-electron chi connectivity index (χ0n) is 13.7. The molecule has 2 unspecified atom stereocenters. The number of hydrogen-bond acceptors (Lipinski definition) is 3. The van der Waals surface area contributed by atoms with Gasteiger partial charge in [0.15, 0.2) is 0 Å². The molecule has 23 heavy (non-hydrogen) atoms. The molecule has 2 atom stereocenters. The van der Waals surface area contributed by atoms with Gasteiger partial charge in [0.25, 0.3) is 5.91 Å². The van der Waals surface area contributed by atoms with Crippen LogP contribution in [0.1, 0.15) is 49.4 Å². The van der Waals surface area contributed by atoms with Gasteiger partial charge in [-0.2, -0.15) is 0 Å². The molecule has 1 aromatic carbocycles. The van der Waals surface area contributed by atoms with Crippen molar-refractivity contribution in [3.05, 3.63) is 35.9 Å². The number of nitrogens with zero attached hydrogens (tertiary/aromatic N) is 1. The lowest BCUT2D eigenvalue weighted by molar-refractivity contribution is -0.127. The van der Waals surface area contributed by atoms with E-state index in [9.17, 15) is 9.59 Å². The second-order valence-corrected chi connectivity index (χ2v) is 6.00. The predicted octanol–water partition coefficient (Wildman–Crippen LogP) is 1.96. The predicted molar refractivity (Wildman–Crippen MR) is 89.0 cm³/mol. The molecule has 0 spiro atoms. The molecule has 1 aliphatic heterocycles. The summed E-state index contributed by atoms with van der Waals surface area (Å²) in [4.78, 5) is 27.0. The number of amides is 2.